The maximum absolute atomic E-state index is 12.2. The van der Waals surface area contributed by atoms with Crippen molar-refractivity contribution < 1.29 is 66.7 Å². The van der Waals surface area contributed by atoms with Gasteiger partial charge in [0.1, 0.15) is 28.5 Å². The third kappa shape index (κ3) is 26.3. The van der Waals surface area contributed by atoms with Crippen LogP contribution in [0.15, 0.2) is 138 Å². The zero-order valence-corrected chi connectivity index (χ0v) is 68.9. The average molecular weight is 1840 g/mol. The van der Waals surface area contributed by atoms with Crippen molar-refractivity contribution in [1.29, 1.82) is 0 Å². The average Bonchev–Trinajstić information content (AvgIpc) is 1.60. The molecule has 0 unspecified atom stereocenters. The Morgan fingerprint density at radius 3 is 1.29 bits per heavy atom. The molecule has 108 heavy (non-hydrogen) atoms. The maximum atomic E-state index is 12.2. The Labute approximate surface area is 673 Å². The Bertz CT molecular complexity index is 4200. The van der Waals surface area contributed by atoms with E-state index in [1.165, 1.54) is 37.3 Å². The van der Waals surface area contributed by atoms with Crippen LogP contribution < -0.4 is 86.1 Å². The van der Waals surface area contributed by atoms with Gasteiger partial charge in [0.25, 0.3) is 5.91 Å². The molecule has 5 aliphatic heterocycles. The lowest BCUT2D eigenvalue weighted by Gasteiger charge is -2.29. The lowest BCUT2D eigenvalue weighted by molar-refractivity contribution is -0.385. The maximum Gasteiger partial charge on any atom is 0.312 e. The van der Waals surface area contributed by atoms with Gasteiger partial charge in [-0.15, -0.1) is 0 Å². The molecule has 1 amide bonds. The van der Waals surface area contributed by atoms with Gasteiger partial charge in [-0.3, -0.25) is 30.3 Å². The fourth-order valence-corrected chi connectivity index (χ4v) is 12.8. The number of nitrogens with one attached hydrogen (secondary N) is 3. The van der Waals surface area contributed by atoms with Crippen LogP contribution in [0.2, 0.25) is 0 Å². The van der Waals surface area contributed by atoms with Gasteiger partial charge in [-0.2, -0.15) is 0 Å². The molecular weight excluding hydrogens is 1750 g/mol. The Balaban J connectivity index is 0.000000182. The number of nitro groups is 2. The first-order chi connectivity index (χ1) is 52.3. The Hall–Kier alpha value is -8.58. The van der Waals surface area contributed by atoms with Gasteiger partial charge in [0.05, 0.1) is 146 Å². The predicted octanol–water partition coefficient (Wildman–Crippen LogP) is 12.3. The van der Waals surface area contributed by atoms with Gasteiger partial charge in [-0.05, 0) is 128 Å². The van der Waals surface area contributed by atoms with Gasteiger partial charge >= 0.3 is 11.4 Å². The van der Waals surface area contributed by atoms with Crippen molar-refractivity contribution in [2.75, 3.05) is 221 Å². The second-order valence-corrected chi connectivity index (χ2v) is 26.0. The van der Waals surface area contributed by atoms with Gasteiger partial charge in [-0.25, -0.2) is 4.98 Å². The molecule has 30 nitrogen and oxygen atoms in total. The minimum absolute atomic E-state index is 0.00325. The number of amides is 1. The molecule has 0 atom stereocenters. The fraction of sp³-hybridized carbons (Fsp3) is 0.361. The summed E-state index contributed by atoms with van der Waals surface area (Å²) in [7, 11) is 9.32. The van der Waals surface area contributed by atoms with Crippen LogP contribution in [0.3, 0.4) is 0 Å². The number of methoxy groups -OCH3 is 6. The zero-order chi connectivity index (χ0) is 77.9. The van der Waals surface area contributed by atoms with Gasteiger partial charge in [-0.1, -0.05) is 45.5 Å². The molecule has 13 rings (SSSR count). The number of carbonyl (C=O) groups is 1. The van der Waals surface area contributed by atoms with E-state index in [0.717, 1.165) is 161 Å². The van der Waals surface area contributed by atoms with Crippen molar-refractivity contribution in [3.8, 4) is 34.5 Å². The third-order valence-corrected chi connectivity index (χ3v) is 18.3. The number of nitrogens with two attached hydrogens (primary N) is 3. The molecule has 0 spiro atoms. The van der Waals surface area contributed by atoms with E-state index in [0.29, 0.717) is 58.7 Å². The van der Waals surface area contributed by atoms with Crippen LogP contribution in [0.1, 0.15) is 10.4 Å². The normalized spacial score (nSPS) is 14.4. The summed E-state index contributed by atoms with van der Waals surface area (Å²) in [6.07, 6.45) is 0. The van der Waals surface area contributed by atoms with Crippen molar-refractivity contribution >= 4 is 177 Å². The number of morpholine rings is 5. The summed E-state index contributed by atoms with van der Waals surface area (Å²) < 4.78 is 59.3. The lowest BCUT2D eigenvalue weighted by atomic mass is 10.2. The number of benzene rings is 7. The summed E-state index contributed by atoms with van der Waals surface area (Å²) in [6.45, 7) is 15.9. The van der Waals surface area contributed by atoms with E-state index in [9.17, 15) is 25.0 Å². The van der Waals surface area contributed by atoms with E-state index in [1.54, 1.807) is 77.0 Å². The Kier molecular flexibility index (Phi) is 36.9. The highest BCUT2D eigenvalue weighted by molar-refractivity contribution is 15.0. The summed E-state index contributed by atoms with van der Waals surface area (Å²) in [5.41, 5.74) is 26.0. The quantitative estimate of drug-likeness (QED) is 0.0172. The van der Waals surface area contributed by atoms with Crippen LogP contribution >= 0.6 is 88.9 Å². The molecule has 1 aromatic heterocycles. The van der Waals surface area contributed by atoms with E-state index < -0.39 is 9.85 Å². The van der Waals surface area contributed by atoms with Crippen molar-refractivity contribution in [3.05, 3.63) is 164 Å². The van der Waals surface area contributed by atoms with Crippen molar-refractivity contribution in [3.63, 3.8) is 0 Å². The number of hydrogen-bond donors (Lipinski definition) is 6. The highest BCUT2D eigenvalue weighted by atomic mass is 128. The van der Waals surface area contributed by atoms with Gasteiger partial charge in [0.2, 0.25) is 0 Å². The molecule has 0 saturated carbocycles. The number of fused-ring (bicyclic) bond motifs is 1. The number of nitrogen functional groups attached to an aromatic ring is 2. The number of ether oxygens (including phenoxy) is 11. The number of aromatic nitrogens is 1. The van der Waals surface area contributed by atoms with Crippen LogP contribution in [-0.4, -0.2) is 205 Å². The third-order valence-electron chi connectivity index (χ3n) is 16.6. The number of halogens is 3. The molecule has 9 N–H and O–H groups in total. The number of thiazole rings is 1. The molecule has 582 valence electrons. The number of hydrogen-bond acceptors (Lipinski definition) is 27. The van der Waals surface area contributed by atoms with Crippen LogP contribution in [0, 0.1) is 20.2 Å². The molecule has 0 radical (unpaired) electrons. The van der Waals surface area contributed by atoms with Crippen LogP contribution in [0.4, 0.5) is 62.0 Å². The number of anilines is 9. The molecule has 0 aliphatic carbocycles. The monoisotopic (exact) mass is 1830 g/mol. The van der Waals surface area contributed by atoms with Crippen LogP contribution in [0.5, 0.6) is 34.5 Å². The summed E-state index contributed by atoms with van der Waals surface area (Å²) >= 11 is 19.0. The summed E-state index contributed by atoms with van der Waals surface area (Å²) in [6, 6.07) is 40.2. The summed E-state index contributed by atoms with van der Waals surface area (Å²) in [5.74, 6) is 3.17. The van der Waals surface area contributed by atoms with E-state index in [2.05, 4.69) is 105 Å². The van der Waals surface area contributed by atoms with Crippen molar-refractivity contribution in [1.82, 2.24) is 10.3 Å². The van der Waals surface area contributed by atoms with Crippen LogP contribution in [0.25, 0.3) is 10.2 Å². The number of nitrogens with zero attached hydrogens (tertiary/aromatic N) is 8. The minimum Gasteiger partial charge on any atom is -0.495 e. The van der Waals surface area contributed by atoms with Gasteiger partial charge in [0.15, 0.2) is 26.9 Å². The van der Waals surface area contributed by atoms with E-state index >= 15 is 0 Å². The Morgan fingerprint density at radius 1 is 0.500 bits per heavy atom. The van der Waals surface area contributed by atoms with E-state index in [-0.39, 0.29) is 39.0 Å². The first-order valence-electron chi connectivity index (χ1n) is 33.7. The Morgan fingerprint density at radius 2 is 0.870 bits per heavy atom. The van der Waals surface area contributed by atoms with E-state index in [4.69, 9.17) is 93.7 Å². The standard InChI is InChI=1S/C19H21N3O3S.C12H15N3O2S.C12H17N3O2S.C11H14N2O4.C11H16N2O2.C7H6BrNO3.I2/c1-24-17-8-7-15(22-9-11-25-12-10-22)13-16(17)20-19(26)21-18(23)14-5-3-2-4-6-14;1-16-9-3-2-8(15-4-6-17-7-5-15)11-10(9)14-12(13)18-11;1-16-11-3-2-9(8-10(11)14-12(13)18)15-4-6-17-7-5-15;1-16-11-3-2-9(8-10(11)13(14)15)12-4-6-17-7-5-12;1-14-11-3-2-9(8-10(11)12)13-4-6-15-7-5-13;1-12-7-3-2-5(8)4-6(7)9(10)11;1-2/h2-8,13H,9-12H2,1H3,(H2,20,21,23,26);2-3H,4-7H2,1H3,(H2,13,14);2-3,8H,4-7H2,1H3,(H3,13,14,18);2-3,8H,4-7H2,1H3;2-3,8H,4-7,12H2,1H3;2-4H,1H3;. The molecule has 8 aromatic rings. The molecule has 6 heterocycles. The summed E-state index contributed by atoms with van der Waals surface area (Å²) in [5, 5.41) is 31.0. The number of carbonyl (C=O) groups excluding carboxylic acids is 1. The minimum atomic E-state index is -0.483. The zero-order valence-electron chi connectivity index (χ0n) is 60.5. The fourth-order valence-electron chi connectivity index (χ4n) is 11.3. The topological polar surface area (TPSA) is 348 Å². The first kappa shape index (κ1) is 86.7. The molecule has 0 bridgehead atoms. The first-order valence-corrected chi connectivity index (χ1v) is 42.4. The summed E-state index contributed by atoms with van der Waals surface area (Å²) in [4.78, 5) is 48.1. The lowest BCUT2D eigenvalue weighted by Crippen LogP contribution is -2.36. The van der Waals surface area contributed by atoms with Crippen LogP contribution in [-0.2, 0) is 23.7 Å². The number of rotatable bonds is 16. The van der Waals surface area contributed by atoms with Gasteiger partial charge in [0, 0.05) is 148 Å². The molecule has 36 heteroatoms. The van der Waals surface area contributed by atoms with Crippen molar-refractivity contribution in [2.24, 2.45) is 5.73 Å². The molecule has 5 saturated heterocycles. The molecule has 5 aliphatic rings. The highest BCUT2D eigenvalue weighted by Gasteiger charge is 2.23. The second-order valence-electron chi connectivity index (χ2n) is 23.2. The largest absolute Gasteiger partial charge is 0.495 e. The number of thiocarbonyl (C=S) groups is 2. The molecule has 5 fully saturated rings. The van der Waals surface area contributed by atoms with E-state index in [1.807, 2.05) is 72.8 Å². The van der Waals surface area contributed by atoms with Crippen molar-refractivity contribution in [2.45, 2.75) is 0 Å². The number of nitro benzene ring substituents is 2. The molecular formula is C72H89BrI2N14O16S3. The molecule has 7 aromatic carbocycles. The van der Waals surface area contributed by atoms with Gasteiger partial charge < -0.3 is 104 Å². The highest BCUT2D eigenvalue weighted by Crippen LogP contribution is 2.40. The SMILES string of the molecule is COc1ccc(Br)cc1[N+](=O)[O-].COc1ccc(N2CCOCC2)c2sc(N)nc12.COc1ccc(N2CCOCC2)cc1N.COc1ccc(N2CCOCC2)cc1NC(=S)NC(=O)c1ccccc1.COc1ccc(N2CCOCC2)cc1NC(N)=S.COc1ccc(N2CCOCC2)cc1[N+](=O)[O-].II. The second kappa shape index (κ2) is 46.1. The predicted molar refractivity (Wildman–Crippen MR) is 455 cm³/mol. The smallest absolute Gasteiger partial charge is 0.312 e.